The second-order valence-electron chi connectivity index (χ2n) is 6.56. The summed E-state index contributed by atoms with van der Waals surface area (Å²) in [5.74, 6) is 1.93. The first-order valence-corrected chi connectivity index (χ1v) is 9.19. The first-order valence-electron chi connectivity index (χ1n) is 9.19. The molecule has 3 heterocycles. The van der Waals surface area contributed by atoms with Gasteiger partial charge in [-0.3, -0.25) is 4.99 Å². The summed E-state index contributed by atoms with van der Waals surface area (Å²) in [5, 5.41) is 3.47. The fourth-order valence-corrected chi connectivity index (χ4v) is 3.54. The van der Waals surface area contributed by atoms with Crippen LogP contribution in [0.4, 0.5) is 11.5 Å². The van der Waals surface area contributed by atoms with Crippen molar-refractivity contribution in [1.29, 1.82) is 0 Å². The maximum absolute atomic E-state index is 5.40. The molecule has 1 aromatic carbocycles. The van der Waals surface area contributed by atoms with E-state index in [1.165, 1.54) is 11.3 Å². The molecule has 1 saturated heterocycles. The van der Waals surface area contributed by atoms with Crippen LogP contribution in [0.5, 0.6) is 0 Å². The number of guanidine groups is 1. The molecule has 136 valence electrons. The fourth-order valence-electron chi connectivity index (χ4n) is 3.54. The number of ether oxygens (including phenoxy) is 1. The molecule has 6 nitrogen and oxygen atoms in total. The molecule has 4 rings (SSSR count). The molecule has 2 aliphatic heterocycles. The lowest BCUT2D eigenvalue weighted by atomic mass is 10.2. The van der Waals surface area contributed by atoms with Gasteiger partial charge in [0.15, 0.2) is 5.96 Å². The average Bonchev–Trinajstić information content (AvgIpc) is 3.14. The van der Waals surface area contributed by atoms with Crippen molar-refractivity contribution < 1.29 is 4.74 Å². The second-order valence-corrected chi connectivity index (χ2v) is 6.56. The number of fused-ring (bicyclic) bond motifs is 1. The van der Waals surface area contributed by atoms with E-state index in [1.807, 2.05) is 13.2 Å². The van der Waals surface area contributed by atoms with E-state index in [-0.39, 0.29) is 0 Å². The van der Waals surface area contributed by atoms with Gasteiger partial charge in [-0.25, -0.2) is 4.98 Å². The number of aliphatic imine (C=N–C) groups is 1. The number of rotatable bonds is 3. The lowest BCUT2D eigenvalue weighted by Crippen LogP contribution is -2.40. The van der Waals surface area contributed by atoms with E-state index in [2.05, 4.69) is 61.5 Å². The Kier molecular flexibility index (Phi) is 5.02. The third-order valence-corrected chi connectivity index (χ3v) is 4.95. The van der Waals surface area contributed by atoms with Crippen molar-refractivity contribution in [3.63, 3.8) is 0 Å². The summed E-state index contributed by atoms with van der Waals surface area (Å²) in [6.07, 6.45) is 3.01. The number of para-hydroxylation sites is 1. The molecule has 0 radical (unpaired) electrons. The van der Waals surface area contributed by atoms with E-state index >= 15 is 0 Å². The summed E-state index contributed by atoms with van der Waals surface area (Å²) in [6, 6.07) is 12.8. The van der Waals surface area contributed by atoms with Gasteiger partial charge in [-0.1, -0.05) is 24.3 Å². The maximum Gasteiger partial charge on any atom is 0.198 e. The number of benzene rings is 1. The highest BCUT2D eigenvalue weighted by molar-refractivity contribution is 5.97. The molecular weight excluding hydrogens is 326 g/mol. The smallest absolute Gasteiger partial charge is 0.198 e. The molecule has 0 amide bonds. The van der Waals surface area contributed by atoms with Crippen molar-refractivity contribution in [2.24, 2.45) is 4.99 Å². The van der Waals surface area contributed by atoms with Crippen molar-refractivity contribution in [2.45, 2.75) is 13.0 Å². The molecule has 26 heavy (non-hydrogen) atoms. The minimum absolute atomic E-state index is 0.710. The summed E-state index contributed by atoms with van der Waals surface area (Å²) >= 11 is 0. The van der Waals surface area contributed by atoms with Gasteiger partial charge in [0.2, 0.25) is 0 Å². The van der Waals surface area contributed by atoms with Crippen molar-refractivity contribution in [2.75, 3.05) is 49.7 Å². The number of aromatic nitrogens is 1. The number of hydrogen-bond donors (Lipinski definition) is 1. The third kappa shape index (κ3) is 3.51. The zero-order valence-electron chi connectivity index (χ0n) is 15.2. The number of nitrogens with zero attached hydrogens (tertiary/aromatic N) is 4. The van der Waals surface area contributed by atoms with Gasteiger partial charge in [-0.05, 0) is 29.7 Å². The molecule has 1 N–H and O–H groups in total. The predicted molar refractivity (Wildman–Crippen MR) is 105 cm³/mol. The predicted octanol–water partition coefficient (Wildman–Crippen LogP) is 2.06. The molecular formula is C20H25N5O. The van der Waals surface area contributed by atoms with Crippen molar-refractivity contribution in [3.05, 3.63) is 53.7 Å². The van der Waals surface area contributed by atoms with E-state index in [0.29, 0.717) is 6.54 Å². The van der Waals surface area contributed by atoms with Crippen LogP contribution in [0.1, 0.15) is 11.1 Å². The number of nitrogens with one attached hydrogen (secondary N) is 1. The van der Waals surface area contributed by atoms with Gasteiger partial charge >= 0.3 is 0 Å². The minimum Gasteiger partial charge on any atom is -0.378 e. The molecule has 0 aliphatic carbocycles. The number of pyridine rings is 1. The highest BCUT2D eigenvalue weighted by Gasteiger charge is 2.22. The Balaban J connectivity index is 1.38. The van der Waals surface area contributed by atoms with Crippen LogP contribution in [0.25, 0.3) is 0 Å². The van der Waals surface area contributed by atoms with E-state index < -0.39 is 0 Å². The summed E-state index contributed by atoms with van der Waals surface area (Å²) < 4.78 is 5.40. The van der Waals surface area contributed by atoms with Gasteiger partial charge in [0.05, 0.1) is 13.2 Å². The molecule has 2 aromatic rings. The van der Waals surface area contributed by atoms with Crippen molar-refractivity contribution in [3.8, 4) is 0 Å². The maximum atomic E-state index is 5.40. The average molecular weight is 351 g/mol. The number of anilines is 2. The summed E-state index contributed by atoms with van der Waals surface area (Å²) in [4.78, 5) is 13.6. The SMILES string of the molecule is CN=C(NCc1ccc(N2CCOCC2)nc1)N1CCc2ccccc21. The summed E-state index contributed by atoms with van der Waals surface area (Å²) in [5.41, 5.74) is 3.78. The molecule has 0 saturated carbocycles. The summed E-state index contributed by atoms with van der Waals surface area (Å²) in [7, 11) is 1.84. The Hall–Kier alpha value is -2.60. The standard InChI is InChI=1S/C20H25N5O/c1-21-20(25-9-8-17-4-2-3-5-18(17)25)23-15-16-6-7-19(22-14-16)24-10-12-26-13-11-24/h2-7,14H,8-13,15H2,1H3,(H,21,23). The zero-order chi connectivity index (χ0) is 17.8. The molecule has 2 aliphatic rings. The van der Waals surface area contributed by atoms with Crippen LogP contribution in [-0.2, 0) is 17.7 Å². The molecule has 1 fully saturated rings. The third-order valence-electron chi connectivity index (χ3n) is 4.95. The van der Waals surface area contributed by atoms with Crippen LogP contribution in [0.15, 0.2) is 47.6 Å². The number of hydrogen-bond acceptors (Lipinski definition) is 4. The largest absolute Gasteiger partial charge is 0.378 e. The van der Waals surface area contributed by atoms with Crippen LogP contribution in [0.3, 0.4) is 0 Å². The highest BCUT2D eigenvalue weighted by Crippen LogP contribution is 2.27. The highest BCUT2D eigenvalue weighted by atomic mass is 16.5. The Morgan fingerprint density at radius 3 is 2.77 bits per heavy atom. The number of morpholine rings is 1. The van der Waals surface area contributed by atoms with Crippen LogP contribution in [-0.4, -0.2) is 50.8 Å². The van der Waals surface area contributed by atoms with Gasteiger partial charge in [0.25, 0.3) is 0 Å². The first-order chi connectivity index (χ1) is 12.8. The zero-order valence-corrected chi connectivity index (χ0v) is 15.2. The van der Waals surface area contributed by atoms with E-state index in [0.717, 1.165) is 56.6 Å². The van der Waals surface area contributed by atoms with Crippen LogP contribution >= 0.6 is 0 Å². The van der Waals surface area contributed by atoms with Gasteiger partial charge in [0, 0.05) is 45.1 Å². The van der Waals surface area contributed by atoms with Gasteiger partial charge in [-0.15, -0.1) is 0 Å². The van der Waals surface area contributed by atoms with Crippen LogP contribution < -0.4 is 15.1 Å². The molecule has 6 heteroatoms. The lowest BCUT2D eigenvalue weighted by Gasteiger charge is -2.27. The molecule has 0 bridgehead atoms. The van der Waals surface area contributed by atoms with Crippen LogP contribution in [0.2, 0.25) is 0 Å². The first kappa shape index (κ1) is 16.8. The second kappa shape index (κ2) is 7.74. The van der Waals surface area contributed by atoms with Gasteiger partial charge in [0.1, 0.15) is 5.82 Å². The Bertz CT molecular complexity index is 768. The Labute approximate surface area is 154 Å². The monoisotopic (exact) mass is 351 g/mol. The van der Waals surface area contributed by atoms with Crippen LogP contribution in [0, 0.1) is 0 Å². The quantitative estimate of drug-likeness (QED) is 0.678. The van der Waals surface area contributed by atoms with Gasteiger partial charge < -0.3 is 19.9 Å². The molecule has 0 spiro atoms. The fraction of sp³-hybridized carbons (Fsp3) is 0.400. The molecule has 0 unspecified atom stereocenters. The van der Waals surface area contributed by atoms with Gasteiger partial charge in [-0.2, -0.15) is 0 Å². The molecule has 1 aromatic heterocycles. The Morgan fingerprint density at radius 2 is 2.00 bits per heavy atom. The van der Waals surface area contributed by atoms with E-state index in [9.17, 15) is 0 Å². The van der Waals surface area contributed by atoms with Crippen molar-refractivity contribution in [1.82, 2.24) is 10.3 Å². The lowest BCUT2D eigenvalue weighted by molar-refractivity contribution is 0.122. The van der Waals surface area contributed by atoms with E-state index in [1.54, 1.807) is 0 Å². The van der Waals surface area contributed by atoms with Crippen molar-refractivity contribution >= 4 is 17.5 Å². The topological polar surface area (TPSA) is 53.0 Å². The van der Waals surface area contributed by atoms with E-state index in [4.69, 9.17) is 4.74 Å². The Morgan fingerprint density at radius 1 is 1.15 bits per heavy atom. The molecule has 0 atom stereocenters. The minimum atomic E-state index is 0.710. The summed E-state index contributed by atoms with van der Waals surface area (Å²) in [6.45, 7) is 5.05. The normalized spacial score (nSPS) is 17.3.